The first-order valence-electron chi connectivity index (χ1n) is 5.83. The lowest BCUT2D eigenvalue weighted by Gasteiger charge is -2.07. The molecule has 1 aliphatic rings. The molecule has 1 fully saturated rings. The van der Waals surface area contributed by atoms with Crippen LogP contribution in [0.1, 0.15) is 18.4 Å². The standard InChI is InChI=1S/C12H17ClN2O2S/c1-2-18(16,17)11-10(12(11,15)7-14)8-3-5-9(13)6-4-8/h3-6,10-11H,2,7,14-15H2,1H3/t10-,11-,12-/m1/s1. The van der Waals surface area contributed by atoms with Crippen LogP contribution in [0.4, 0.5) is 0 Å². The van der Waals surface area contributed by atoms with Gasteiger partial charge in [0.05, 0.1) is 10.8 Å². The van der Waals surface area contributed by atoms with Gasteiger partial charge in [0.25, 0.3) is 0 Å². The lowest BCUT2D eigenvalue weighted by Crippen LogP contribution is -2.39. The Bertz CT molecular complexity index is 544. The molecule has 0 heterocycles. The SMILES string of the molecule is CCS(=O)(=O)[C@@H]1[C@@H](c2ccc(Cl)cc2)[C@]1(N)CN. The van der Waals surface area contributed by atoms with Crippen LogP contribution in [0.15, 0.2) is 24.3 Å². The predicted molar refractivity (Wildman–Crippen MR) is 73.4 cm³/mol. The molecule has 6 heteroatoms. The second-order valence-electron chi connectivity index (χ2n) is 4.72. The van der Waals surface area contributed by atoms with E-state index in [9.17, 15) is 8.42 Å². The van der Waals surface area contributed by atoms with Gasteiger partial charge in [0.2, 0.25) is 0 Å². The Morgan fingerprint density at radius 1 is 1.33 bits per heavy atom. The van der Waals surface area contributed by atoms with Crippen LogP contribution in [0.25, 0.3) is 0 Å². The molecule has 1 aromatic carbocycles. The quantitative estimate of drug-likeness (QED) is 0.862. The predicted octanol–water partition coefficient (Wildman–Crippen LogP) is 0.897. The van der Waals surface area contributed by atoms with E-state index in [0.717, 1.165) is 5.56 Å². The Morgan fingerprint density at radius 3 is 2.33 bits per heavy atom. The van der Waals surface area contributed by atoms with E-state index in [1.807, 2.05) is 12.1 Å². The van der Waals surface area contributed by atoms with Crippen molar-refractivity contribution in [2.45, 2.75) is 23.6 Å². The molecule has 0 spiro atoms. The number of hydrogen-bond acceptors (Lipinski definition) is 4. The topological polar surface area (TPSA) is 86.2 Å². The van der Waals surface area contributed by atoms with Crippen LogP contribution in [0, 0.1) is 0 Å². The van der Waals surface area contributed by atoms with Crippen molar-refractivity contribution in [1.82, 2.24) is 0 Å². The molecule has 18 heavy (non-hydrogen) atoms. The van der Waals surface area contributed by atoms with Gasteiger partial charge in [0.1, 0.15) is 0 Å². The fourth-order valence-electron chi connectivity index (χ4n) is 2.54. The molecule has 0 amide bonds. The number of rotatable bonds is 4. The van der Waals surface area contributed by atoms with E-state index in [4.69, 9.17) is 23.1 Å². The molecule has 3 atom stereocenters. The van der Waals surface area contributed by atoms with E-state index >= 15 is 0 Å². The Kier molecular flexibility index (Phi) is 3.44. The van der Waals surface area contributed by atoms with Gasteiger partial charge < -0.3 is 11.5 Å². The zero-order chi connectivity index (χ0) is 13.6. The van der Waals surface area contributed by atoms with Crippen molar-refractivity contribution in [3.63, 3.8) is 0 Å². The Hall–Kier alpha value is -0.620. The van der Waals surface area contributed by atoms with Crippen molar-refractivity contribution >= 4 is 21.4 Å². The fourth-order valence-corrected chi connectivity index (χ4v) is 4.69. The third-order valence-corrected chi connectivity index (χ3v) is 6.22. The van der Waals surface area contributed by atoms with Crippen molar-refractivity contribution in [2.24, 2.45) is 11.5 Å². The van der Waals surface area contributed by atoms with Crippen molar-refractivity contribution < 1.29 is 8.42 Å². The third kappa shape index (κ3) is 2.05. The molecule has 100 valence electrons. The lowest BCUT2D eigenvalue weighted by atomic mass is 10.1. The average Bonchev–Trinajstić information content (AvgIpc) is 2.98. The number of benzene rings is 1. The second-order valence-corrected chi connectivity index (χ2v) is 7.57. The highest BCUT2D eigenvalue weighted by Gasteiger charge is 2.67. The average molecular weight is 289 g/mol. The summed E-state index contributed by atoms with van der Waals surface area (Å²) in [5.74, 6) is -0.148. The van der Waals surface area contributed by atoms with Crippen LogP contribution in [0.2, 0.25) is 5.02 Å². The molecular formula is C12H17ClN2O2S. The van der Waals surface area contributed by atoms with Crippen molar-refractivity contribution in [2.75, 3.05) is 12.3 Å². The first-order chi connectivity index (χ1) is 8.36. The van der Waals surface area contributed by atoms with E-state index in [0.29, 0.717) is 5.02 Å². The lowest BCUT2D eigenvalue weighted by molar-refractivity contribution is 0.587. The Morgan fingerprint density at radius 2 is 1.89 bits per heavy atom. The molecule has 0 aromatic heterocycles. The zero-order valence-electron chi connectivity index (χ0n) is 10.1. The molecular weight excluding hydrogens is 272 g/mol. The maximum absolute atomic E-state index is 12.0. The molecule has 1 aliphatic carbocycles. The molecule has 1 saturated carbocycles. The number of nitrogens with two attached hydrogens (primary N) is 2. The van der Waals surface area contributed by atoms with Crippen molar-refractivity contribution in [1.29, 1.82) is 0 Å². The van der Waals surface area contributed by atoms with Crippen LogP contribution >= 0.6 is 11.6 Å². The monoisotopic (exact) mass is 288 g/mol. The Balaban J connectivity index is 2.37. The van der Waals surface area contributed by atoms with Crippen LogP contribution in [0.3, 0.4) is 0 Å². The number of hydrogen-bond donors (Lipinski definition) is 2. The van der Waals surface area contributed by atoms with Crippen LogP contribution < -0.4 is 11.5 Å². The van der Waals surface area contributed by atoms with Gasteiger partial charge in [0.15, 0.2) is 9.84 Å². The van der Waals surface area contributed by atoms with E-state index in [2.05, 4.69) is 0 Å². The van der Waals surface area contributed by atoms with E-state index in [1.165, 1.54) is 0 Å². The number of halogens is 1. The van der Waals surface area contributed by atoms with E-state index in [-0.39, 0.29) is 18.2 Å². The van der Waals surface area contributed by atoms with E-state index < -0.39 is 20.6 Å². The van der Waals surface area contributed by atoms with Crippen LogP contribution in [-0.4, -0.2) is 31.5 Å². The maximum atomic E-state index is 12.0. The fraction of sp³-hybridized carbons (Fsp3) is 0.500. The first kappa shape index (κ1) is 13.8. The van der Waals surface area contributed by atoms with Crippen molar-refractivity contribution in [3.05, 3.63) is 34.9 Å². The second kappa shape index (κ2) is 4.49. The maximum Gasteiger partial charge on any atom is 0.155 e. The summed E-state index contributed by atoms with van der Waals surface area (Å²) in [7, 11) is -3.19. The largest absolute Gasteiger partial charge is 0.329 e. The summed E-state index contributed by atoms with van der Waals surface area (Å²) in [4.78, 5) is 0. The van der Waals surface area contributed by atoms with Gasteiger partial charge in [-0.25, -0.2) is 8.42 Å². The highest BCUT2D eigenvalue weighted by atomic mass is 35.5. The minimum Gasteiger partial charge on any atom is -0.329 e. The molecule has 1 aromatic rings. The van der Waals surface area contributed by atoms with Crippen LogP contribution in [-0.2, 0) is 9.84 Å². The van der Waals surface area contributed by atoms with Gasteiger partial charge in [-0.05, 0) is 17.7 Å². The normalized spacial score (nSPS) is 31.3. The molecule has 0 unspecified atom stereocenters. The smallest absolute Gasteiger partial charge is 0.155 e. The molecule has 0 saturated heterocycles. The molecule has 0 bridgehead atoms. The van der Waals surface area contributed by atoms with Gasteiger partial charge in [-0.1, -0.05) is 30.7 Å². The summed E-state index contributed by atoms with van der Waals surface area (Å²) < 4.78 is 24.1. The molecule has 4 N–H and O–H groups in total. The van der Waals surface area contributed by atoms with Crippen LogP contribution in [0.5, 0.6) is 0 Å². The van der Waals surface area contributed by atoms with Gasteiger partial charge in [-0.2, -0.15) is 0 Å². The first-order valence-corrected chi connectivity index (χ1v) is 7.92. The van der Waals surface area contributed by atoms with Gasteiger partial charge in [-0.15, -0.1) is 0 Å². The van der Waals surface area contributed by atoms with Crippen molar-refractivity contribution in [3.8, 4) is 0 Å². The van der Waals surface area contributed by atoms with E-state index in [1.54, 1.807) is 19.1 Å². The molecule has 0 aliphatic heterocycles. The minimum atomic E-state index is -3.19. The zero-order valence-corrected chi connectivity index (χ0v) is 11.7. The summed E-state index contributed by atoms with van der Waals surface area (Å²) in [6, 6.07) is 7.11. The summed E-state index contributed by atoms with van der Waals surface area (Å²) >= 11 is 5.82. The summed E-state index contributed by atoms with van der Waals surface area (Å²) in [6.07, 6.45) is 0. The van der Waals surface area contributed by atoms with Gasteiger partial charge >= 0.3 is 0 Å². The molecule has 0 radical (unpaired) electrons. The molecule has 2 rings (SSSR count). The van der Waals surface area contributed by atoms with Gasteiger partial charge in [-0.3, -0.25) is 0 Å². The third-order valence-electron chi connectivity index (χ3n) is 3.67. The highest BCUT2D eigenvalue weighted by Crippen LogP contribution is 2.53. The molecule has 4 nitrogen and oxygen atoms in total. The summed E-state index contributed by atoms with van der Waals surface area (Å²) in [6.45, 7) is 1.79. The highest BCUT2D eigenvalue weighted by molar-refractivity contribution is 7.92. The number of sulfone groups is 1. The summed E-state index contributed by atoms with van der Waals surface area (Å²) in [5, 5.41) is 0.0332. The Labute approximate surface area is 112 Å². The minimum absolute atomic E-state index is 0.0840. The summed E-state index contributed by atoms with van der Waals surface area (Å²) in [5.41, 5.74) is 11.8. The van der Waals surface area contributed by atoms with Gasteiger partial charge in [0, 0.05) is 23.2 Å².